The molecule has 30 heavy (non-hydrogen) atoms. The number of halogens is 3. The Kier molecular flexibility index (Phi) is 9.92. The van der Waals surface area contributed by atoms with Gasteiger partial charge >= 0.3 is 6.03 Å². The highest BCUT2D eigenvalue weighted by Gasteiger charge is 2.45. The number of rotatable bonds is 8. The highest BCUT2D eigenvalue weighted by Crippen LogP contribution is 2.21. The van der Waals surface area contributed by atoms with Crippen LogP contribution in [0.1, 0.15) is 52.1 Å². The smallest absolute Gasteiger partial charge is 0.325 e. The van der Waals surface area contributed by atoms with Crippen molar-refractivity contribution in [3.63, 3.8) is 0 Å². The van der Waals surface area contributed by atoms with Crippen molar-refractivity contribution < 1.29 is 18.4 Å². The third-order valence-corrected chi connectivity index (χ3v) is 5.00. The Morgan fingerprint density at radius 2 is 1.97 bits per heavy atom. The van der Waals surface area contributed by atoms with E-state index in [9.17, 15) is 18.4 Å². The molecule has 7 nitrogen and oxygen atoms in total. The first-order chi connectivity index (χ1) is 13.7. The van der Waals surface area contributed by atoms with Crippen molar-refractivity contribution in [2.75, 3.05) is 19.6 Å². The zero-order chi connectivity index (χ0) is 21.6. The second kappa shape index (κ2) is 11.4. The molecule has 0 aromatic heterocycles. The third kappa shape index (κ3) is 6.26. The zero-order valence-corrected chi connectivity index (χ0v) is 20.1. The van der Waals surface area contributed by atoms with Crippen molar-refractivity contribution in [2.45, 2.75) is 52.1 Å². The summed E-state index contributed by atoms with van der Waals surface area (Å²) in [5, 5.41) is 8.95. The summed E-state index contributed by atoms with van der Waals surface area (Å²) in [5.41, 5.74) is -0.246. The summed E-state index contributed by atoms with van der Waals surface area (Å²) in [6.45, 7) is 8.60. The van der Waals surface area contributed by atoms with Gasteiger partial charge in [-0.1, -0.05) is 13.0 Å². The largest absolute Gasteiger partial charge is 0.357 e. The Bertz CT molecular complexity index is 792. The minimum Gasteiger partial charge on any atom is -0.357 e. The minimum absolute atomic E-state index is 0. The normalized spacial score (nSPS) is 19.9. The fourth-order valence-electron chi connectivity index (χ4n) is 3.00. The molecule has 1 aromatic carbocycles. The van der Waals surface area contributed by atoms with Crippen molar-refractivity contribution in [2.24, 2.45) is 4.99 Å². The second-order valence-corrected chi connectivity index (χ2v) is 7.23. The number of carbonyl (C=O) groups excluding carboxylic acids is 2. The summed E-state index contributed by atoms with van der Waals surface area (Å²) < 4.78 is 26.6. The summed E-state index contributed by atoms with van der Waals surface area (Å²) in [6.07, 6.45) is 1.04. The van der Waals surface area contributed by atoms with Gasteiger partial charge < -0.3 is 16.0 Å². The number of nitrogens with zero attached hydrogens (tertiary/aromatic N) is 2. The monoisotopic (exact) mass is 537 g/mol. The predicted molar refractivity (Wildman–Crippen MR) is 123 cm³/mol. The lowest BCUT2D eigenvalue weighted by Crippen LogP contribution is -2.43. The van der Waals surface area contributed by atoms with Gasteiger partial charge in [0.05, 0.1) is 6.04 Å². The highest BCUT2D eigenvalue weighted by molar-refractivity contribution is 14.0. The summed E-state index contributed by atoms with van der Waals surface area (Å²) in [4.78, 5) is 30.1. The average Bonchev–Trinajstić information content (AvgIpc) is 2.90. The van der Waals surface area contributed by atoms with Gasteiger partial charge in [0.25, 0.3) is 5.91 Å². The Morgan fingerprint density at radius 3 is 2.53 bits per heavy atom. The van der Waals surface area contributed by atoms with Crippen LogP contribution < -0.4 is 16.0 Å². The number of imide groups is 1. The maximum atomic E-state index is 13.5. The quantitative estimate of drug-likeness (QED) is 0.156. The number of amides is 3. The van der Waals surface area contributed by atoms with Crippen molar-refractivity contribution in [3.05, 3.63) is 35.4 Å². The number of hydrogen-bond donors (Lipinski definition) is 3. The molecule has 0 aliphatic carbocycles. The number of urea groups is 1. The standard InChI is InChI=1S/C20H29F2N5O2.HI/c1-5-20(4)17(28)27(19(29)26-20)11-7-10-24-18(23-6-2)25-13(3)14-8-9-15(21)16(22)12-14;/h8-9,12-13H,5-7,10-11H2,1-4H3,(H,26,29)(H2,23,24,25);1H. The molecule has 2 unspecified atom stereocenters. The molecular weight excluding hydrogens is 507 g/mol. The van der Waals surface area contributed by atoms with Gasteiger partial charge in [-0.2, -0.15) is 0 Å². The Hall–Kier alpha value is -1.98. The molecule has 1 heterocycles. The fraction of sp³-hybridized carbons (Fsp3) is 0.550. The molecule has 1 aliphatic rings. The van der Waals surface area contributed by atoms with Crippen LogP contribution in [0, 0.1) is 11.6 Å². The van der Waals surface area contributed by atoms with Gasteiger partial charge in [0.2, 0.25) is 0 Å². The van der Waals surface area contributed by atoms with Crippen LogP contribution >= 0.6 is 24.0 Å². The van der Waals surface area contributed by atoms with Gasteiger partial charge in [0.1, 0.15) is 5.54 Å². The van der Waals surface area contributed by atoms with Crippen molar-refractivity contribution in [3.8, 4) is 0 Å². The lowest BCUT2D eigenvalue weighted by Gasteiger charge is -2.19. The van der Waals surface area contributed by atoms with Gasteiger partial charge in [-0.15, -0.1) is 24.0 Å². The van der Waals surface area contributed by atoms with E-state index in [1.807, 2.05) is 20.8 Å². The number of nitrogens with one attached hydrogen (secondary N) is 3. The summed E-state index contributed by atoms with van der Waals surface area (Å²) in [5.74, 6) is -1.49. The molecule has 0 radical (unpaired) electrons. The molecule has 0 bridgehead atoms. The van der Waals surface area contributed by atoms with E-state index >= 15 is 0 Å². The van der Waals surface area contributed by atoms with E-state index in [1.165, 1.54) is 11.0 Å². The third-order valence-electron chi connectivity index (χ3n) is 5.00. The van der Waals surface area contributed by atoms with E-state index in [0.29, 0.717) is 37.5 Å². The van der Waals surface area contributed by atoms with Crippen LogP contribution in [0.3, 0.4) is 0 Å². The number of hydrogen-bond acceptors (Lipinski definition) is 3. The van der Waals surface area contributed by atoms with Gasteiger partial charge in [0, 0.05) is 19.6 Å². The Balaban J connectivity index is 0.00000450. The molecule has 1 saturated heterocycles. The molecule has 2 rings (SSSR count). The summed E-state index contributed by atoms with van der Waals surface area (Å²) in [7, 11) is 0. The van der Waals surface area contributed by atoms with Gasteiger partial charge in [0.15, 0.2) is 17.6 Å². The lowest BCUT2D eigenvalue weighted by molar-refractivity contribution is -0.130. The number of guanidine groups is 1. The van der Waals surface area contributed by atoms with Crippen LogP contribution in [-0.4, -0.2) is 48.0 Å². The van der Waals surface area contributed by atoms with E-state index in [2.05, 4.69) is 20.9 Å². The van der Waals surface area contributed by atoms with Crippen LogP contribution in [0.5, 0.6) is 0 Å². The molecule has 1 fully saturated rings. The minimum atomic E-state index is -0.897. The first kappa shape index (κ1) is 26.1. The molecule has 1 aromatic rings. The molecule has 2 atom stereocenters. The van der Waals surface area contributed by atoms with Crippen LogP contribution in [0.4, 0.5) is 13.6 Å². The number of aliphatic imine (C=N–C) groups is 1. The van der Waals surface area contributed by atoms with Gasteiger partial charge in [-0.3, -0.25) is 14.7 Å². The SMILES string of the molecule is CCNC(=NCCCN1C(=O)NC(C)(CC)C1=O)NC(C)c1ccc(F)c(F)c1.I. The van der Waals surface area contributed by atoms with E-state index < -0.39 is 17.2 Å². The number of carbonyl (C=O) groups is 2. The van der Waals surface area contributed by atoms with Crippen LogP contribution in [0.25, 0.3) is 0 Å². The first-order valence-electron chi connectivity index (χ1n) is 9.85. The summed E-state index contributed by atoms with van der Waals surface area (Å²) >= 11 is 0. The highest BCUT2D eigenvalue weighted by atomic mass is 127. The number of benzene rings is 1. The Morgan fingerprint density at radius 1 is 1.27 bits per heavy atom. The molecule has 10 heteroatoms. The molecule has 3 amide bonds. The lowest BCUT2D eigenvalue weighted by atomic mass is 9.99. The van der Waals surface area contributed by atoms with Crippen molar-refractivity contribution >= 4 is 41.9 Å². The first-order valence-corrected chi connectivity index (χ1v) is 9.85. The van der Waals surface area contributed by atoms with Gasteiger partial charge in [-0.05, 0) is 51.3 Å². The fourth-order valence-corrected chi connectivity index (χ4v) is 3.00. The topological polar surface area (TPSA) is 85.8 Å². The molecular formula is C20H30F2IN5O2. The Labute approximate surface area is 193 Å². The molecule has 168 valence electrons. The van der Waals surface area contributed by atoms with E-state index in [0.717, 1.165) is 12.1 Å². The molecule has 3 N–H and O–H groups in total. The van der Waals surface area contributed by atoms with E-state index in [4.69, 9.17) is 0 Å². The van der Waals surface area contributed by atoms with Gasteiger partial charge in [-0.25, -0.2) is 13.6 Å². The summed E-state index contributed by atoms with van der Waals surface area (Å²) in [6, 6.07) is 3.09. The predicted octanol–water partition coefficient (Wildman–Crippen LogP) is 3.31. The van der Waals surface area contributed by atoms with Crippen LogP contribution in [0.15, 0.2) is 23.2 Å². The van der Waals surface area contributed by atoms with Crippen LogP contribution in [0.2, 0.25) is 0 Å². The maximum Gasteiger partial charge on any atom is 0.325 e. The maximum absolute atomic E-state index is 13.5. The van der Waals surface area contributed by atoms with Crippen LogP contribution in [-0.2, 0) is 4.79 Å². The molecule has 0 spiro atoms. The molecule has 1 aliphatic heterocycles. The van der Waals surface area contributed by atoms with Crippen molar-refractivity contribution in [1.82, 2.24) is 20.9 Å². The van der Waals surface area contributed by atoms with E-state index in [1.54, 1.807) is 6.92 Å². The zero-order valence-electron chi connectivity index (χ0n) is 17.7. The van der Waals surface area contributed by atoms with E-state index in [-0.39, 0.29) is 48.5 Å². The second-order valence-electron chi connectivity index (χ2n) is 7.23. The van der Waals surface area contributed by atoms with Crippen molar-refractivity contribution in [1.29, 1.82) is 0 Å². The molecule has 0 saturated carbocycles. The average molecular weight is 537 g/mol.